The zero-order chi connectivity index (χ0) is 7.68. The first kappa shape index (κ1) is 16.5. The van der Waals surface area contributed by atoms with E-state index in [9.17, 15) is 0 Å². The fourth-order valence-corrected chi connectivity index (χ4v) is 2.75. The molecule has 0 aromatic heterocycles. The van der Waals surface area contributed by atoms with Gasteiger partial charge in [0.25, 0.3) is 0 Å². The molecule has 0 aliphatic rings. The second-order valence-electron chi connectivity index (χ2n) is 2.80. The van der Waals surface area contributed by atoms with E-state index in [2.05, 4.69) is 42.5 Å². The number of rotatable bonds is 0. The normalized spacial score (nSPS) is 8.29. The van der Waals surface area contributed by atoms with Crippen LogP contribution in [0.1, 0.15) is 0 Å². The molecule has 0 aliphatic heterocycles. The van der Waals surface area contributed by atoms with Crippen molar-refractivity contribution in [1.82, 2.24) is 0 Å². The van der Waals surface area contributed by atoms with Crippen LogP contribution < -0.4 is 4.40 Å². The van der Waals surface area contributed by atoms with Crippen molar-refractivity contribution in [2.45, 2.75) is 0 Å². The standard InChI is InChI=1S/C10H10Ge.3ClH/c11-10-7-3-5-8-4-1-2-6-9(8)10;;;/h1-7H,11H3;3*1H. The van der Waals surface area contributed by atoms with Gasteiger partial charge in [-0.1, -0.05) is 0 Å². The first-order valence-corrected chi connectivity index (χ1v) is 5.92. The van der Waals surface area contributed by atoms with Gasteiger partial charge < -0.3 is 0 Å². The minimum atomic E-state index is 0. The van der Waals surface area contributed by atoms with Gasteiger partial charge in [0.15, 0.2) is 0 Å². The van der Waals surface area contributed by atoms with Crippen molar-refractivity contribution in [3.05, 3.63) is 42.5 Å². The molecular weight excluding hydrogens is 299 g/mol. The number of fused-ring (bicyclic) bond motifs is 1. The van der Waals surface area contributed by atoms with Crippen LogP contribution in [0.5, 0.6) is 0 Å². The van der Waals surface area contributed by atoms with Crippen molar-refractivity contribution in [2.75, 3.05) is 0 Å². The molecule has 0 atom stereocenters. The molecule has 0 saturated heterocycles. The zero-order valence-electron chi connectivity index (χ0n) is 7.77. The molecule has 0 nitrogen and oxygen atoms in total. The summed E-state index contributed by atoms with van der Waals surface area (Å²) in [6.45, 7) is 0. The summed E-state index contributed by atoms with van der Waals surface area (Å²) in [7, 11) is 0. The maximum absolute atomic E-state index is 2.22. The third-order valence-electron chi connectivity index (χ3n) is 2.01. The molecule has 0 spiro atoms. The SMILES string of the molecule is Cl.Cl.Cl.[GeH3][c]1cccc2ccccc12. The second kappa shape index (κ2) is 7.41. The number of halogens is 3. The molecule has 2 aromatic carbocycles. The van der Waals surface area contributed by atoms with Gasteiger partial charge in [0.05, 0.1) is 0 Å². The average molecular weight is 312 g/mol. The molecule has 0 N–H and O–H groups in total. The Morgan fingerprint density at radius 1 is 0.714 bits per heavy atom. The molecule has 0 aliphatic carbocycles. The van der Waals surface area contributed by atoms with Crippen molar-refractivity contribution in [3.63, 3.8) is 0 Å². The Labute approximate surface area is 111 Å². The molecule has 0 heterocycles. The van der Waals surface area contributed by atoms with Crippen molar-refractivity contribution in [3.8, 4) is 0 Å². The van der Waals surface area contributed by atoms with Gasteiger partial charge in [-0.3, -0.25) is 0 Å². The van der Waals surface area contributed by atoms with E-state index in [1.54, 1.807) is 0 Å². The van der Waals surface area contributed by atoms with Crippen LogP contribution in [0, 0.1) is 0 Å². The summed E-state index contributed by atoms with van der Waals surface area (Å²) < 4.78 is 1.54. The van der Waals surface area contributed by atoms with E-state index in [0.717, 1.165) is 16.5 Å². The predicted molar refractivity (Wildman–Crippen MR) is 75.3 cm³/mol. The monoisotopic (exact) mass is 312 g/mol. The second-order valence-corrected chi connectivity index (χ2v) is 5.06. The van der Waals surface area contributed by atoms with Gasteiger partial charge in [0.2, 0.25) is 0 Å². The summed E-state index contributed by atoms with van der Waals surface area (Å²) in [6.07, 6.45) is 0. The van der Waals surface area contributed by atoms with Crippen LogP contribution in [-0.2, 0) is 0 Å². The minimum absolute atomic E-state index is 0. The van der Waals surface area contributed by atoms with Gasteiger partial charge in [-0.2, -0.15) is 0 Å². The number of hydrogen-bond acceptors (Lipinski definition) is 0. The fraction of sp³-hybridized carbons (Fsp3) is 0. The summed E-state index contributed by atoms with van der Waals surface area (Å²) in [5.74, 6) is 0. The average Bonchev–Trinajstić information content (AvgIpc) is 2.06. The molecule has 0 saturated carbocycles. The Hall–Kier alpha value is 0.113. The van der Waals surface area contributed by atoms with Crippen molar-refractivity contribution in [1.29, 1.82) is 0 Å². The molecular formula is C10H13Cl3Ge. The van der Waals surface area contributed by atoms with Gasteiger partial charge >= 0.3 is 74.1 Å². The summed E-state index contributed by atoms with van der Waals surface area (Å²) in [4.78, 5) is 0. The predicted octanol–water partition coefficient (Wildman–Crippen LogP) is 2.10. The van der Waals surface area contributed by atoms with Gasteiger partial charge in [0, 0.05) is 0 Å². The molecule has 0 unspecified atom stereocenters. The number of benzene rings is 2. The Morgan fingerprint density at radius 2 is 1.29 bits per heavy atom. The summed E-state index contributed by atoms with van der Waals surface area (Å²) in [6, 6.07) is 15.1. The van der Waals surface area contributed by atoms with Crippen LogP contribution in [0.25, 0.3) is 10.8 Å². The molecule has 0 amide bonds. The first-order chi connectivity index (χ1) is 5.38. The van der Waals surface area contributed by atoms with E-state index in [1.807, 2.05) is 0 Å². The van der Waals surface area contributed by atoms with Gasteiger partial charge in [-0.05, 0) is 0 Å². The summed E-state index contributed by atoms with van der Waals surface area (Å²) in [5.41, 5.74) is 0. The van der Waals surface area contributed by atoms with Gasteiger partial charge in [-0.25, -0.2) is 0 Å². The zero-order valence-corrected chi connectivity index (χ0v) is 14.4. The number of hydrogen-bond donors (Lipinski definition) is 0. The van der Waals surface area contributed by atoms with Crippen molar-refractivity contribution >= 4 is 68.9 Å². The van der Waals surface area contributed by atoms with Crippen LogP contribution in [0.3, 0.4) is 0 Å². The third-order valence-corrected chi connectivity index (χ3v) is 3.84. The fourth-order valence-electron chi connectivity index (χ4n) is 1.39. The van der Waals surface area contributed by atoms with E-state index < -0.39 is 0 Å². The molecule has 0 bridgehead atoms. The molecule has 0 radical (unpaired) electrons. The van der Waals surface area contributed by atoms with Crippen LogP contribution in [0.2, 0.25) is 0 Å². The summed E-state index contributed by atoms with van der Waals surface area (Å²) in [5, 5.41) is 2.81. The molecule has 2 aromatic rings. The molecule has 0 fully saturated rings. The van der Waals surface area contributed by atoms with E-state index in [0.29, 0.717) is 0 Å². The molecule has 78 valence electrons. The Balaban J connectivity index is 0. The summed E-state index contributed by atoms with van der Waals surface area (Å²) >= 11 is 0.786. The van der Waals surface area contributed by atoms with Crippen LogP contribution in [0.15, 0.2) is 42.5 Å². The Kier molecular flexibility index (Phi) is 8.75. The van der Waals surface area contributed by atoms with Crippen molar-refractivity contribution < 1.29 is 0 Å². The van der Waals surface area contributed by atoms with E-state index in [1.165, 1.54) is 15.2 Å². The molecule has 2 rings (SSSR count). The Bertz CT molecular complexity index is 385. The van der Waals surface area contributed by atoms with Crippen molar-refractivity contribution in [2.24, 2.45) is 0 Å². The van der Waals surface area contributed by atoms with Crippen LogP contribution in [0.4, 0.5) is 0 Å². The third kappa shape index (κ3) is 3.36. The van der Waals surface area contributed by atoms with E-state index in [4.69, 9.17) is 0 Å². The van der Waals surface area contributed by atoms with E-state index in [-0.39, 0.29) is 37.2 Å². The molecule has 14 heavy (non-hydrogen) atoms. The Morgan fingerprint density at radius 3 is 1.93 bits per heavy atom. The van der Waals surface area contributed by atoms with E-state index >= 15 is 0 Å². The first-order valence-electron chi connectivity index (χ1n) is 3.82. The quantitative estimate of drug-likeness (QED) is 0.654. The van der Waals surface area contributed by atoms with Crippen LogP contribution >= 0.6 is 37.2 Å². The topological polar surface area (TPSA) is 0 Å². The van der Waals surface area contributed by atoms with Gasteiger partial charge in [0.1, 0.15) is 0 Å². The van der Waals surface area contributed by atoms with Crippen LogP contribution in [-0.4, -0.2) is 16.5 Å². The molecule has 4 heteroatoms. The van der Waals surface area contributed by atoms with Gasteiger partial charge in [-0.15, -0.1) is 37.2 Å². The maximum atomic E-state index is 2.22.